The molecule has 1 aliphatic heterocycles. The molecule has 1 unspecified atom stereocenters. The fourth-order valence-corrected chi connectivity index (χ4v) is 3.20. The van der Waals surface area contributed by atoms with Crippen LogP contribution in [0.3, 0.4) is 0 Å². The Morgan fingerprint density at radius 1 is 1.33 bits per heavy atom. The van der Waals surface area contributed by atoms with Crippen molar-refractivity contribution in [2.45, 2.75) is 25.3 Å². The van der Waals surface area contributed by atoms with Gasteiger partial charge in [0.2, 0.25) is 0 Å². The van der Waals surface area contributed by atoms with Crippen molar-refractivity contribution >= 4 is 23.4 Å². The first-order valence-electron chi connectivity index (χ1n) is 7.58. The van der Waals surface area contributed by atoms with Crippen LogP contribution < -0.4 is 5.73 Å². The Morgan fingerprint density at radius 3 is 2.79 bits per heavy atom. The van der Waals surface area contributed by atoms with Gasteiger partial charge in [-0.2, -0.15) is 5.10 Å². The highest BCUT2D eigenvalue weighted by molar-refractivity contribution is 6.33. The van der Waals surface area contributed by atoms with Gasteiger partial charge in [0.15, 0.2) is 0 Å². The third-order valence-electron chi connectivity index (χ3n) is 4.13. The lowest BCUT2D eigenvalue weighted by atomic mass is 9.98. The number of H-pyrrole nitrogens is 1. The number of aromatic nitrogens is 2. The van der Waals surface area contributed by atoms with E-state index in [1.807, 2.05) is 0 Å². The molecule has 0 radical (unpaired) electrons. The second-order valence-corrected chi connectivity index (χ2v) is 6.11. The predicted molar refractivity (Wildman–Crippen MR) is 86.1 cm³/mol. The summed E-state index contributed by atoms with van der Waals surface area (Å²) in [7, 11) is 0. The molecule has 1 aliphatic rings. The van der Waals surface area contributed by atoms with Crippen LogP contribution in [0.25, 0.3) is 0 Å². The summed E-state index contributed by atoms with van der Waals surface area (Å²) in [4.78, 5) is 25.7. The van der Waals surface area contributed by atoms with E-state index in [2.05, 4.69) is 10.2 Å². The second-order valence-electron chi connectivity index (χ2n) is 5.71. The van der Waals surface area contributed by atoms with Crippen LogP contribution in [0.2, 0.25) is 5.02 Å². The van der Waals surface area contributed by atoms with Gasteiger partial charge < -0.3 is 10.6 Å². The number of primary amides is 1. The van der Waals surface area contributed by atoms with Gasteiger partial charge in [0.05, 0.1) is 22.3 Å². The zero-order valence-electron chi connectivity index (χ0n) is 12.8. The van der Waals surface area contributed by atoms with E-state index < -0.39 is 11.7 Å². The number of carbonyl (C=O) groups excluding carboxylic acids is 2. The molecule has 1 fully saturated rings. The normalized spacial score (nSPS) is 17.8. The summed E-state index contributed by atoms with van der Waals surface area (Å²) in [6, 6.07) is 5.01. The first-order chi connectivity index (χ1) is 11.5. The first kappa shape index (κ1) is 16.4. The average Bonchev–Trinajstić information content (AvgIpc) is 3.04. The van der Waals surface area contributed by atoms with E-state index in [0.29, 0.717) is 12.2 Å². The molecule has 0 saturated carbocycles. The number of nitrogens with zero attached hydrogens (tertiary/aromatic N) is 2. The molecule has 1 atom stereocenters. The number of rotatable bonds is 3. The molecule has 3 rings (SSSR count). The maximum atomic E-state index is 13.2. The lowest BCUT2D eigenvalue weighted by Gasteiger charge is -2.35. The van der Waals surface area contributed by atoms with E-state index in [4.69, 9.17) is 17.3 Å². The third kappa shape index (κ3) is 3.12. The zero-order valence-corrected chi connectivity index (χ0v) is 13.5. The summed E-state index contributed by atoms with van der Waals surface area (Å²) in [6.45, 7) is 0.544. The average molecular weight is 351 g/mol. The van der Waals surface area contributed by atoms with Crippen LogP contribution in [0.1, 0.15) is 51.8 Å². The molecule has 2 amide bonds. The van der Waals surface area contributed by atoms with Gasteiger partial charge in [0.25, 0.3) is 11.8 Å². The van der Waals surface area contributed by atoms with Crippen molar-refractivity contribution < 1.29 is 14.0 Å². The van der Waals surface area contributed by atoms with Crippen LogP contribution >= 0.6 is 11.6 Å². The number of nitrogens with two attached hydrogens (primary N) is 1. The largest absolute Gasteiger partial charge is 0.364 e. The Balaban J connectivity index is 1.91. The fraction of sp³-hybridized carbons (Fsp3) is 0.312. The molecule has 0 aliphatic carbocycles. The number of piperidine rings is 1. The SMILES string of the molecule is NC(=O)c1cc(C2CCCCN2C(=O)c2ccc(F)cc2Cl)[nH]n1. The molecule has 3 N–H and O–H groups in total. The number of likely N-dealkylation sites (tertiary alicyclic amines) is 1. The van der Waals surface area contributed by atoms with E-state index in [1.165, 1.54) is 12.1 Å². The summed E-state index contributed by atoms with van der Waals surface area (Å²) in [5.41, 5.74) is 6.25. The van der Waals surface area contributed by atoms with E-state index in [0.717, 1.165) is 25.3 Å². The molecule has 1 saturated heterocycles. The summed E-state index contributed by atoms with van der Waals surface area (Å²) >= 11 is 6.01. The molecular formula is C16H16ClFN4O2. The number of hydrogen-bond donors (Lipinski definition) is 2. The smallest absolute Gasteiger partial charge is 0.269 e. The quantitative estimate of drug-likeness (QED) is 0.891. The molecule has 0 spiro atoms. The lowest BCUT2D eigenvalue weighted by Crippen LogP contribution is -2.38. The van der Waals surface area contributed by atoms with Crippen LogP contribution in [0.4, 0.5) is 4.39 Å². The van der Waals surface area contributed by atoms with Crippen molar-refractivity contribution in [1.29, 1.82) is 0 Å². The van der Waals surface area contributed by atoms with Crippen molar-refractivity contribution in [2.75, 3.05) is 6.54 Å². The van der Waals surface area contributed by atoms with Gasteiger partial charge in [-0.15, -0.1) is 0 Å². The summed E-state index contributed by atoms with van der Waals surface area (Å²) in [6.07, 6.45) is 2.53. The topological polar surface area (TPSA) is 92.1 Å². The summed E-state index contributed by atoms with van der Waals surface area (Å²) < 4.78 is 13.2. The van der Waals surface area contributed by atoms with Crippen LogP contribution in [-0.4, -0.2) is 33.5 Å². The minimum absolute atomic E-state index is 0.0757. The molecule has 0 bridgehead atoms. The van der Waals surface area contributed by atoms with Crippen molar-refractivity contribution in [3.8, 4) is 0 Å². The van der Waals surface area contributed by atoms with Crippen molar-refractivity contribution in [3.63, 3.8) is 0 Å². The zero-order chi connectivity index (χ0) is 17.3. The van der Waals surface area contributed by atoms with Crippen LogP contribution in [0, 0.1) is 5.82 Å². The minimum atomic E-state index is -0.632. The van der Waals surface area contributed by atoms with Crippen LogP contribution in [0.15, 0.2) is 24.3 Å². The molecule has 24 heavy (non-hydrogen) atoms. The maximum Gasteiger partial charge on any atom is 0.269 e. The van der Waals surface area contributed by atoms with Gasteiger partial charge in [-0.3, -0.25) is 14.7 Å². The third-order valence-corrected chi connectivity index (χ3v) is 4.45. The highest BCUT2D eigenvalue weighted by Gasteiger charge is 2.31. The minimum Gasteiger partial charge on any atom is -0.364 e. The van der Waals surface area contributed by atoms with Gasteiger partial charge in [0, 0.05) is 6.54 Å². The van der Waals surface area contributed by atoms with E-state index in [9.17, 15) is 14.0 Å². The highest BCUT2D eigenvalue weighted by atomic mass is 35.5. The molecular weight excluding hydrogens is 335 g/mol. The first-order valence-corrected chi connectivity index (χ1v) is 7.96. The monoisotopic (exact) mass is 350 g/mol. The molecule has 1 aromatic heterocycles. The number of nitrogens with one attached hydrogen (secondary N) is 1. The van der Waals surface area contributed by atoms with Crippen LogP contribution in [0.5, 0.6) is 0 Å². The van der Waals surface area contributed by atoms with E-state index >= 15 is 0 Å². The summed E-state index contributed by atoms with van der Waals surface area (Å²) in [5.74, 6) is -1.40. The summed E-state index contributed by atoms with van der Waals surface area (Å²) in [5, 5.41) is 6.73. The number of halogens is 2. The number of aromatic amines is 1. The number of carbonyl (C=O) groups is 2. The number of amides is 2. The van der Waals surface area contributed by atoms with Gasteiger partial charge >= 0.3 is 0 Å². The molecule has 6 nitrogen and oxygen atoms in total. The van der Waals surface area contributed by atoms with Crippen LogP contribution in [-0.2, 0) is 0 Å². The molecule has 2 heterocycles. The Bertz CT molecular complexity index is 792. The predicted octanol–water partition coefficient (Wildman–Crippen LogP) is 2.67. The second kappa shape index (κ2) is 6.60. The standard InChI is InChI=1S/C16H16ClFN4O2/c17-11-7-9(18)4-5-10(11)16(24)22-6-2-1-3-14(22)12-8-13(15(19)23)21-20-12/h4-5,7-8,14H,1-3,6H2,(H2,19,23)(H,20,21). The number of benzene rings is 1. The van der Waals surface area contributed by atoms with Gasteiger partial charge in [-0.25, -0.2) is 4.39 Å². The molecule has 126 valence electrons. The molecule has 2 aromatic rings. The highest BCUT2D eigenvalue weighted by Crippen LogP contribution is 2.32. The van der Waals surface area contributed by atoms with Gasteiger partial charge in [-0.1, -0.05) is 11.6 Å². The maximum absolute atomic E-state index is 13.2. The Labute approximate surface area is 142 Å². The van der Waals surface area contributed by atoms with Crippen molar-refractivity contribution in [3.05, 3.63) is 52.1 Å². The molecule has 1 aromatic carbocycles. The van der Waals surface area contributed by atoms with Gasteiger partial charge in [0.1, 0.15) is 11.5 Å². The number of hydrogen-bond acceptors (Lipinski definition) is 3. The van der Waals surface area contributed by atoms with Crippen molar-refractivity contribution in [1.82, 2.24) is 15.1 Å². The Morgan fingerprint density at radius 2 is 2.12 bits per heavy atom. The Kier molecular flexibility index (Phi) is 4.53. The van der Waals surface area contributed by atoms with E-state index in [1.54, 1.807) is 11.0 Å². The Hall–Kier alpha value is -2.41. The molecule has 8 heteroatoms. The van der Waals surface area contributed by atoms with Gasteiger partial charge in [-0.05, 0) is 43.5 Å². The van der Waals surface area contributed by atoms with Crippen molar-refractivity contribution in [2.24, 2.45) is 5.73 Å². The van der Waals surface area contributed by atoms with E-state index in [-0.39, 0.29) is 28.2 Å². The fourth-order valence-electron chi connectivity index (χ4n) is 2.95. The lowest BCUT2D eigenvalue weighted by molar-refractivity contribution is 0.0606.